The van der Waals surface area contributed by atoms with Gasteiger partial charge in [0.1, 0.15) is 10.4 Å². The number of nitrogens with one attached hydrogen (secondary N) is 1. The summed E-state index contributed by atoms with van der Waals surface area (Å²) in [5.74, 6) is 0.122. The second kappa shape index (κ2) is 15.0. The minimum atomic E-state index is -4.02. The largest absolute Gasteiger partial charge is 0.367 e. The van der Waals surface area contributed by atoms with Crippen LogP contribution in [0.3, 0.4) is 0 Å². The molecule has 0 aliphatic rings. The first-order valence-corrected chi connectivity index (χ1v) is 18.6. The van der Waals surface area contributed by atoms with Crippen molar-refractivity contribution in [2.24, 2.45) is 0 Å². The summed E-state index contributed by atoms with van der Waals surface area (Å²) in [5, 5.41) is 4.56. The molecule has 0 saturated carbocycles. The van der Waals surface area contributed by atoms with E-state index in [1.807, 2.05) is 62.4 Å². The molecule has 10 nitrogen and oxygen atoms in total. The van der Waals surface area contributed by atoms with Crippen LogP contribution in [-0.4, -0.2) is 54.0 Å². The lowest BCUT2D eigenvalue weighted by atomic mass is 9.99. The molecule has 1 N–H and O–H groups in total. The summed E-state index contributed by atoms with van der Waals surface area (Å²) in [5.41, 5.74) is 4.00. The summed E-state index contributed by atoms with van der Waals surface area (Å²) in [6.07, 6.45) is 0. The number of carbonyl (C=O) groups is 1. The number of anilines is 2. The molecule has 4 aromatic carbocycles. The summed E-state index contributed by atoms with van der Waals surface area (Å²) < 4.78 is 62.7. The van der Waals surface area contributed by atoms with Crippen LogP contribution in [0.4, 0.5) is 11.5 Å². The van der Waals surface area contributed by atoms with E-state index in [-0.39, 0.29) is 42.0 Å². The van der Waals surface area contributed by atoms with Gasteiger partial charge in [0.05, 0.1) is 23.0 Å². The molecule has 0 saturated heterocycles. The number of carbonyl (C=O) groups excluding carboxylic acids is 1. The highest BCUT2D eigenvalue weighted by Crippen LogP contribution is 2.38. The van der Waals surface area contributed by atoms with Gasteiger partial charge in [0.25, 0.3) is 20.2 Å². The fraction of sp³-hybridized carbons (Fsp3) is 0.200. The molecule has 0 spiro atoms. The van der Waals surface area contributed by atoms with Gasteiger partial charge in [-0.05, 0) is 77.1 Å². The molecular formula is C35H34BrN3O7S2. The zero-order valence-corrected chi connectivity index (χ0v) is 29.7. The number of aromatic nitrogens is 1. The average Bonchev–Trinajstić information content (AvgIpc) is 3.04. The Morgan fingerprint density at radius 1 is 0.729 bits per heavy atom. The van der Waals surface area contributed by atoms with E-state index in [9.17, 15) is 21.6 Å². The molecule has 1 heterocycles. The van der Waals surface area contributed by atoms with Crippen molar-refractivity contribution in [2.45, 2.75) is 30.6 Å². The van der Waals surface area contributed by atoms with E-state index in [1.165, 1.54) is 31.2 Å². The molecular weight excluding hydrogens is 718 g/mol. The smallest absolute Gasteiger partial charge is 0.297 e. The summed E-state index contributed by atoms with van der Waals surface area (Å²) in [6.45, 7) is 4.96. The van der Waals surface area contributed by atoms with Gasteiger partial charge in [-0.3, -0.25) is 13.2 Å². The highest BCUT2D eigenvalue weighted by molar-refractivity contribution is 9.10. The fourth-order valence-corrected chi connectivity index (χ4v) is 7.36. The number of hydrogen-bond acceptors (Lipinski definition) is 9. The number of rotatable bonds is 13. The van der Waals surface area contributed by atoms with Crippen LogP contribution in [-0.2, 0) is 33.4 Å². The maximum absolute atomic E-state index is 12.8. The lowest BCUT2D eigenvalue weighted by Gasteiger charge is -2.25. The van der Waals surface area contributed by atoms with Crippen molar-refractivity contribution in [3.8, 4) is 11.1 Å². The molecule has 5 aromatic rings. The molecule has 1 amide bonds. The predicted molar refractivity (Wildman–Crippen MR) is 190 cm³/mol. The number of pyridine rings is 1. The van der Waals surface area contributed by atoms with Crippen LogP contribution in [0.5, 0.6) is 0 Å². The van der Waals surface area contributed by atoms with E-state index in [0.29, 0.717) is 16.1 Å². The normalized spacial score (nSPS) is 11.8. The summed E-state index contributed by atoms with van der Waals surface area (Å²) in [6, 6.07) is 27.8. The molecule has 48 heavy (non-hydrogen) atoms. The van der Waals surface area contributed by atoms with Crippen LogP contribution in [0, 0.1) is 13.8 Å². The van der Waals surface area contributed by atoms with Gasteiger partial charge >= 0.3 is 0 Å². The van der Waals surface area contributed by atoms with Crippen molar-refractivity contribution >= 4 is 64.4 Å². The number of fused-ring (bicyclic) bond motifs is 1. The fourth-order valence-electron chi connectivity index (χ4n) is 5.04. The third-order valence-electron chi connectivity index (χ3n) is 7.50. The Kier molecular flexibility index (Phi) is 11.0. The van der Waals surface area contributed by atoms with Gasteiger partial charge in [-0.1, -0.05) is 71.8 Å². The summed E-state index contributed by atoms with van der Waals surface area (Å²) >= 11 is 3.51. The number of benzene rings is 4. The monoisotopic (exact) mass is 751 g/mol. The zero-order chi connectivity index (χ0) is 34.5. The second-order valence-electron chi connectivity index (χ2n) is 11.1. The highest BCUT2D eigenvalue weighted by atomic mass is 79.9. The van der Waals surface area contributed by atoms with Gasteiger partial charge in [0.15, 0.2) is 0 Å². The second-order valence-corrected chi connectivity index (χ2v) is 15.0. The van der Waals surface area contributed by atoms with Gasteiger partial charge < -0.3 is 10.2 Å². The van der Waals surface area contributed by atoms with Crippen molar-refractivity contribution in [2.75, 3.05) is 36.5 Å². The Morgan fingerprint density at radius 3 is 1.69 bits per heavy atom. The quantitative estimate of drug-likeness (QED) is 0.101. The van der Waals surface area contributed by atoms with Gasteiger partial charge in [0, 0.05) is 36.7 Å². The third-order valence-corrected chi connectivity index (χ3v) is 10.8. The van der Waals surface area contributed by atoms with Crippen LogP contribution >= 0.6 is 15.9 Å². The number of hydrogen-bond donors (Lipinski definition) is 1. The van der Waals surface area contributed by atoms with E-state index < -0.39 is 20.2 Å². The number of nitrogens with zero attached hydrogens (tertiary/aromatic N) is 2. The van der Waals surface area contributed by atoms with E-state index in [4.69, 9.17) is 8.37 Å². The Bertz CT molecular complexity index is 2060. The lowest BCUT2D eigenvalue weighted by molar-refractivity contribution is -0.114. The van der Waals surface area contributed by atoms with Gasteiger partial charge in [-0.15, -0.1) is 0 Å². The Morgan fingerprint density at radius 2 is 1.21 bits per heavy atom. The first kappa shape index (κ1) is 35.2. The van der Waals surface area contributed by atoms with Crippen LogP contribution < -0.4 is 10.2 Å². The highest BCUT2D eigenvalue weighted by Gasteiger charge is 2.20. The van der Waals surface area contributed by atoms with Crippen molar-refractivity contribution in [3.63, 3.8) is 0 Å². The maximum Gasteiger partial charge on any atom is 0.297 e. The number of amides is 1. The van der Waals surface area contributed by atoms with Gasteiger partial charge in [-0.2, -0.15) is 16.8 Å². The summed E-state index contributed by atoms with van der Waals surface area (Å²) in [4.78, 5) is 18.5. The summed E-state index contributed by atoms with van der Waals surface area (Å²) in [7, 11) is -8.04. The van der Waals surface area contributed by atoms with Crippen molar-refractivity contribution in [3.05, 3.63) is 113 Å². The van der Waals surface area contributed by atoms with Crippen molar-refractivity contribution in [1.29, 1.82) is 0 Å². The van der Waals surface area contributed by atoms with Gasteiger partial charge in [-0.25, -0.2) is 4.98 Å². The Balaban J connectivity index is 1.41. The van der Waals surface area contributed by atoms with E-state index in [2.05, 4.69) is 26.2 Å². The van der Waals surface area contributed by atoms with E-state index >= 15 is 0 Å². The average molecular weight is 753 g/mol. The third kappa shape index (κ3) is 8.47. The predicted octanol–water partition coefficient (Wildman–Crippen LogP) is 6.86. The number of aryl methyl sites for hydroxylation is 2. The molecule has 0 unspecified atom stereocenters. The molecule has 1 aromatic heterocycles. The van der Waals surface area contributed by atoms with Crippen LogP contribution in [0.25, 0.3) is 21.9 Å². The van der Waals surface area contributed by atoms with Crippen LogP contribution in [0.2, 0.25) is 0 Å². The standard InChI is InChI=1S/C35H34BrN3O7S2/c1-24-8-16-29(17-9-24)47(41,42)45-22-20-39(21-23-46-48(43,44)30-18-10-25(2)11-19-30)28-14-12-27(13-15-28)33-31-6-4-5-7-32(31)34(36)38-35(33)37-26(3)40/h4-19H,20-23H2,1-3H3,(H,37,38,40). The van der Waals surface area contributed by atoms with E-state index in [0.717, 1.165) is 33.0 Å². The zero-order valence-electron chi connectivity index (χ0n) is 26.5. The molecule has 0 fully saturated rings. The van der Waals surface area contributed by atoms with Crippen LogP contribution in [0.1, 0.15) is 18.1 Å². The van der Waals surface area contributed by atoms with Crippen molar-refractivity contribution in [1.82, 2.24) is 4.98 Å². The minimum absolute atomic E-state index is 0.0434. The first-order chi connectivity index (χ1) is 22.8. The Hall–Kier alpha value is -4.14. The molecule has 250 valence electrons. The molecule has 13 heteroatoms. The molecule has 5 rings (SSSR count). The molecule has 0 atom stereocenters. The number of halogens is 1. The molecule has 0 radical (unpaired) electrons. The lowest BCUT2D eigenvalue weighted by Crippen LogP contribution is -2.32. The SMILES string of the molecule is CC(=O)Nc1nc(Br)c2ccccc2c1-c1ccc(N(CCOS(=O)(=O)c2ccc(C)cc2)CCOS(=O)(=O)c2ccc(C)cc2)cc1. The first-order valence-electron chi connectivity index (χ1n) is 15.0. The topological polar surface area (TPSA) is 132 Å². The Labute approximate surface area is 289 Å². The van der Waals surface area contributed by atoms with Crippen LogP contribution in [0.15, 0.2) is 111 Å². The van der Waals surface area contributed by atoms with E-state index in [1.54, 1.807) is 29.2 Å². The molecule has 0 aliphatic heterocycles. The maximum atomic E-state index is 12.8. The van der Waals surface area contributed by atoms with Crippen molar-refractivity contribution < 1.29 is 30.0 Å². The molecule has 0 aliphatic carbocycles. The van der Waals surface area contributed by atoms with Gasteiger partial charge in [0.2, 0.25) is 5.91 Å². The molecule has 0 bridgehead atoms. The minimum Gasteiger partial charge on any atom is -0.367 e.